The van der Waals surface area contributed by atoms with Crippen LogP contribution in [-0.2, 0) is 13.1 Å². The molecule has 0 radical (unpaired) electrons. The van der Waals surface area contributed by atoms with E-state index in [1.165, 1.54) is 18.6 Å². The highest BCUT2D eigenvalue weighted by atomic mass is 19.1. The molecule has 1 fully saturated rings. The molecule has 1 aliphatic rings. The number of benzene rings is 1. The van der Waals surface area contributed by atoms with Crippen molar-refractivity contribution in [1.29, 1.82) is 0 Å². The molecule has 1 aliphatic heterocycles. The number of rotatable bonds is 3. The molecule has 0 saturated carbocycles. The Kier molecular flexibility index (Phi) is 2.79. The molecular weight excluding hydrogens is 179 g/mol. The van der Waals surface area contributed by atoms with Crippen LogP contribution in [0.2, 0.25) is 0 Å². The SMILES string of the molecule is NCc1cc(F)ccc1CN1CCC1. The minimum absolute atomic E-state index is 0.196. The van der Waals surface area contributed by atoms with Crippen LogP contribution in [0.15, 0.2) is 18.2 Å². The number of hydrogen-bond donors (Lipinski definition) is 1. The van der Waals surface area contributed by atoms with Gasteiger partial charge in [-0.2, -0.15) is 0 Å². The van der Waals surface area contributed by atoms with Crippen LogP contribution in [0.25, 0.3) is 0 Å². The average molecular weight is 194 g/mol. The predicted octanol–water partition coefficient (Wildman–Crippen LogP) is 1.49. The van der Waals surface area contributed by atoms with Gasteiger partial charge in [0.2, 0.25) is 0 Å². The minimum Gasteiger partial charge on any atom is -0.326 e. The molecule has 1 saturated heterocycles. The lowest BCUT2D eigenvalue weighted by Gasteiger charge is -2.31. The second-order valence-corrected chi connectivity index (χ2v) is 3.75. The molecule has 3 heteroatoms. The molecule has 0 aliphatic carbocycles. The Morgan fingerprint density at radius 1 is 1.29 bits per heavy atom. The summed E-state index contributed by atoms with van der Waals surface area (Å²) in [6.07, 6.45) is 1.28. The van der Waals surface area contributed by atoms with E-state index in [0.717, 1.165) is 30.8 Å². The fourth-order valence-corrected chi connectivity index (χ4v) is 1.72. The lowest BCUT2D eigenvalue weighted by molar-refractivity contribution is 0.172. The van der Waals surface area contributed by atoms with Crippen molar-refractivity contribution in [3.05, 3.63) is 35.1 Å². The summed E-state index contributed by atoms with van der Waals surface area (Å²) in [5.41, 5.74) is 7.66. The molecule has 2 nitrogen and oxygen atoms in total. The van der Waals surface area contributed by atoms with Gasteiger partial charge >= 0.3 is 0 Å². The van der Waals surface area contributed by atoms with Gasteiger partial charge in [-0.15, -0.1) is 0 Å². The van der Waals surface area contributed by atoms with E-state index in [1.54, 1.807) is 0 Å². The summed E-state index contributed by atoms with van der Waals surface area (Å²) >= 11 is 0. The molecule has 1 aromatic carbocycles. The van der Waals surface area contributed by atoms with Gasteiger partial charge in [-0.1, -0.05) is 6.07 Å². The first-order valence-electron chi connectivity index (χ1n) is 4.99. The molecule has 1 heterocycles. The van der Waals surface area contributed by atoms with Gasteiger partial charge < -0.3 is 5.73 Å². The monoisotopic (exact) mass is 194 g/mol. The zero-order valence-corrected chi connectivity index (χ0v) is 8.17. The molecule has 0 spiro atoms. The van der Waals surface area contributed by atoms with Crippen LogP contribution < -0.4 is 5.73 Å². The summed E-state index contributed by atoms with van der Waals surface area (Å²) in [7, 11) is 0. The van der Waals surface area contributed by atoms with E-state index in [1.807, 2.05) is 6.07 Å². The van der Waals surface area contributed by atoms with Crippen molar-refractivity contribution in [2.45, 2.75) is 19.5 Å². The van der Waals surface area contributed by atoms with Crippen LogP contribution in [0.1, 0.15) is 17.5 Å². The van der Waals surface area contributed by atoms with E-state index in [0.29, 0.717) is 6.54 Å². The van der Waals surface area contributed by atoms with Gasteiger partial charge in [-0.05, 0) is 42.8 Å². The normalized spacial score (nSPS) is 16.7. The second-order valence-electron chi connectivity index (χ2n) is 3.75. The van der Waals surface area contributed by atoms with Crippen LogP contribution in [0.4, 0.5) is 4.39 Å². The Balaban J connectivity index is 2.14. The zero-order valence-electron chi connectivity index (χ0n) is 8.17. The first-order valence-corrected chi connectivity index (χ1v) is 4.99. The Morgan fingerprint density at radius 3 is 2.64 bits per heavy atom. The fraction of sp³-hybridized carbons (Fsp3) is 0.455. The standard InChI is InChI=1S/C11H15FN2/c12-11-3-2-9(10(6-11)7-13)8-14-4-1-5-14/h2-3,6H,1,4-5,7-8,13H2. The highest BCUT2D eigenvalue weighted by Crippen LogP contribution is 2.16. The summed E-state index contributed by atoms with van der Waals surface area (Å²) < 4.78 is 12.9. The second kappa shape index (κ2) is 4.07. The Labute approximate surface area is 83.5 Å². The predicted molar refractivity (Wildman–Crippen MR) is 54.2 cm³/mol. The lowest BCUT2D eigenvalue weighted by Crippen LogP contribution is -2.36. The third kappa shape index (κ3) is 1.94. The fourth-order valence-electron chi connectivity index (χ4n) is 1.72. The van der Waals surface area contributed by atoms with Gasteiger partial charge in [0.05, 0.1) is 0 Å². The Hall–Kier alpha value is -0.930. The molecule has 0 bridgehead atoms. The van der Waals surface area contributed by atoms with E-state index >= 15 is 0 Å². The molecule has 2 rings (SSSR count). The molecule has 0 unspecified atom stereocenters. The summed E-state index contributed by atoms with van der Waals surface area (Å²) in [6, 6.07) is 4.89. The highest BCUT2D eigenvalue weighted by molar-refractivity contribution is 5.27. The molecule has 0 aromatic heterocycles. The van der Waals surface area contributed by atoms with Crippen molar-refractivity contribution in [1.82, 2.24) is 4.90 Å². The lowest BCUT2D eigenvalue weighted by atomic mass is 10.1. The third-order valence-corrected chi connectivity index (χ3v) is 2.73. The average Bonchev–Trinajstić information content (AvgIpc) is 2.13. The maximum Gasteiger partial charge on any atom is 0.123 e. The molecule has 76 valence electrons. The molecule has 0 atom stereocenters. The molecule has 0 amide bonds. The molecule has 14 heavy (non-hydrogen) atoms. The summed E-state index contributed by atoms with van der Waals surface area (Å²) in [4.78, 5) is 2.34. The van der Waals surface area contributed by atoms with Gasteiger partial charge in [0, 0.05) is 13.1 Å². The number of hydrogen-bond acceptors (Lipinski definition) is 2. The molecule has 2 N–H and O–H groups in total. The maximum absolute atomic E-state index is 12.9. The van der Waals surface area contributed by atoms with Crippen LogP contribution in [0.3, 0.4) is 0 Å². The van der Waals surface area contributed by atoms with E-state index in [4.69, 9.17) is 5.73 Å². The molecule has 1 aromatic rings. The topological polar surface area (TPSA) is 29.3 Å². The van der Waals surface area contributed by atoms with Crippen LogP contribution >= 0.6 is 0 Å². The first kappa shape index (κ1) is 9.62. The van der Waals surface area contributed by atoms with Gasteiger partial charge in [0.1, 0.15) is 5.82 Å². The number of nitrogens with zero attached hydrogens (tertiary/aromatic N) is 1. The number of halogens is 1. The number of nitrogens with two attached hydrogens (primary N) is 1. The summed E-state index contributed by atoms with van der Waals surface area (Å²) in [6.45, 7) is 3.64. The quantitative estimate of drug-likeness (QED) is 0.790. The first-order chi connectivity index (χ1) is 6.79. The largest absolute Gasteiger partial charge is 0.326 e. The van der Waals surface area contributed by atoms with Crippen molar-refractivity contribution in [3.8, 4) is 0 Å². The number of likely N-dealkylation sites (tertiary alicyclic amines) is 1. The minimum atomic E-state index is -0.196. The van der Waals surface area contributed by atoms with Gasteiger partial charge in [-0.25, -0.2) is 4.39 Å². The van der Waals surface area contributed by atoms with E-state index in [2.05, 4.69) is 4.90 Å². The third-order valence-electron chi connectivity index (χ3n) is 2.73. The van der Waals surface area contributed by atoms with E-state index in [9.17, 15) is 4.39 Å². The molecular formula is C11H15FN2. The smallest absolute Gasteiger partial charge is 0.123 e. The van der Waals surface area contributed by atoms with Crippen LogP contribution in [-0.4, -0.2) is 18.0 Å². The Morgan fingerprint density at radius 2 is 2.07 bits per heavy atom. The maximum atomic E-state index is 12.9. The van der Waals surface area contributed by atoms with Crippen molar-refractivity contribution in [2.24, 2.45) is 5.73 Å². The van der Waals surface area contributed by atoms with Gasteiger partial charge in [0.15, 0.2) is 0 Å². The van der Waals surface area contributed by atoms with Crippen molar-refractivity contribution in [2.75, 3.05) is 13.1 Å². The van der Waals surface area contributed by atoms with E-state index < -0.39 is 0 Å². The summed E-state index contributed by atoms with van der Waals surface area (Å²) in [5, 5.41) is 0. The van der Waals surface area contributed by atoms with Crippen LogP contribution in [0.5, 0.6) is 0 Å². The highest BCUT2D eigenvalue weighted by Gasteiger charge is 2.15. The van der Waals surface area contributed by atoms with E-state index in [-0.39, 0.29) is 5.82 Å². The van der Waals surface area contributed by atoms with Crippen LogP contribution in [0, 0.1) is 5.82 Å². The van der Waals surface area contributed by atoms with Gasteiger partial charge in [0.25, 0.3) is 0 Å². The van der Waals surface area contributed by atoms with Crippen molar-refractivity contribution < 1.29 is 4.39 Å². The van der Waals surface area contributed by atoms with Crippen molar-refractivity contribution >= 4 is 0 Å². The zero-order chi connectivity index (χ0) is 9.97. The van der Waals surface area contributed by atoms with Crippen molar-refractivity contribution in [3.63, 3.8) is 0 Å². The van der Waals surface area contributed by atoms with Gasteiger partial charge in [-0.3, -0.25) is 4.90 Å². The summed E-state index contributed by atoms with van der Waals surface area (Å²) in [5.74, 6) is -0.196. The Bertz CT molecular complexity index is 321.